The first-order chi connectivity index (χ1) is 10.2. The average Bonchev–Trinajstić information content (AvgIpc) is 2.88. The Labute approximate surface area is 122 Å². The maximum atomic E-state index is 5.95. The van der Waals surface area contributed by atoms with Crippen LogP contribution in [0.5, 0.6) is 5.75 Å². The second-order valence-electron chi connectivity index (χ2n) is 4.83. The zero-order valence-corrected chi connectivity index (χ0v) is 11.9. The molecule has 2 aromatic heterocycles. The maximum Gasteiger partial charge on any atom is 0.184 e. The first-order valence-corrected chi connectivity index (χ1v) is 6.60. The number of hydrogen-bond donors (Lipinski definition) is 1. The van der Waals surface area contributed by atoms with Crippen molar-refractivity contribution in [2.45, 2.75) is 6.92 Å². The summed E-state index contributed by atoms with van der Waals surface area (Å²) in [5.74, 6) is 1.56. The Morgan fingerprint density at radius 1 is 1.19 bits per heavy atom. The maximum absolute atomic E-state index is 5.95. The lowest BCUT2D eigenvalue weighted by Gasteiger charge is -2.01. The number of ether oxygens (including phenoxy) is 1. The molecule has 0 fully saturated rings. The predicted octanol–water partition coefficient (Wildman–Crippen LogP) is 2.80. The van der Waals surface area contributed by atoms with Crippen LogP contribution in [-0.2, 0) is 0 Å². The molecule has 0 aliphatic carbocycles. The van der Waals surface area contributed by atoms with Crippen molar-refractivity contribution in [3.8, 4) is 5.75 Å². The number of aryl methyl sites for hydroxylation is 1. The van der Waals surface area contributed by atoms with Crippen molar-refractivity contribution in [2.75, 3.05) is 12.8 Å². The van der Waals surface area contributed by atoms with Crippen LogP contribution in [0, 0.1) is 6.92 Å². The molecule has 5 heteroatoms. The Balaban J connectivity index is 1.99. The number of benzene rings is 1. The summed E-state index contributed by atoms with van der Waals surface area (Å²) >= 11 is 0. The number of rotatable bonds is 3. The molecule has 0 spiro atoms. The summed E-state index contributed by atoms with van der Waals surface area (Å²) in [5, 5.41) is 8.29. The van der Waals surface area contributed by atoms with E-state index in [0.29, 0.717) is 11.3 Å². The number of nitrogens with zero attached hydrogens (tertiary/aromatic N) is 3. The molecule has 0 radical (unpaired) electrons. The van der Waals surface area contributed by atoms with Crippen molar-refractivity contribution >= 4 is 23.5 Å². The number of aromatic nitrogens is 3. The number of anilines is 1. The monoisotopic (exact) mass is 280 g/mol. The molecular formula is C16H16N4O. The Morgan fingerprint density at radius 2 is 2.05 bits per heavy atom. The van der Waals surface area contributed by atoms with Crippen LogP contribution < -0.4 is 10.5 Å². The first kappa shape index (κ1) is 13.2. The smallest absolute Gasteiger partial charge is 0.184 e. The number of pyridine rings is 1. The molecule has 0 unspecified atom stereocenters. The van der Waals surface area contributed by atoms with E-state index in [1.54, 1.807) is 7.11 Å². The Morgan fingerprint density at radius 3 is 2.86 bits per heavy atom. The Kier molecular flexibility index (Phi) is 3.31. The normalized spacial score (nSPS) is 11.3. The van der Waals surface area contributed by atoms with Gasteiger partial charge in [0.15, 0.2) is 11.5 Å². The van der Waals surface area contributed by atoms with E-state index in [2.05, 4.69) is 10.2 Å². The minimum atomic E-state index is 0.628. The van der Waals surface area contributed by atoms with Crippen LogP contribution in [0.4, 0.5) is 5.69 Å². The molecule has 0 saturated carbocycles. The largest absolute Gasteiger partial charge is 0.497 e. The van der Waals surface area contributed by atoms with E-state index in [-0.39, 0.29) is 0 Å². The van der Waals surface area contributed by atoms with E-state index in [1.165, 1.54) is 0 Å². The van der Waals surface area contributed by atoms with E-state index in [0.717, 1.165) is 22.7 Å². The van der Waals surface area contributed by atoms with Gasteiger partial charge in [-0.25, -0.2) is 0 Å². The minimum Gasteiger partial charge on any atom is -0.497 e. The van der Waals surface area contributed by atoms with Gasteiger partial charge in [-0.3, -0.25) is 4.40 Å². The van der Waals surface area contributed by atoms with Gasteiger partial charge in [-0.05, 0) is 42.3 Å². The topological polar surface area (TPSA) is 65.4 Å². The molecule has 106 valence electrons. The third-order valence-corrected chi connectivity index (χ3v) is 3.21. The Hall–Kier alpha value is -2.82. The second kappa shape index (κ2) is 5.28. The van der Waals surface area contributed by atoms with Crippen LogP contribution in [-0.4, -0.2) is 21.7 Å². The highest BCUT2D eigenvalue weighted by Crippen LogP contribution is 2.17. The van der Waals surface area contributed by atoms with Crippen molar-refractivity contribution in [2.24, 2.45) is 0 Å². The SMILES string of the molecule is COc1cccc(/C=C\c2nnc3c(N)cc(C)cn23)c1. The molecule has 3 rings (SSSR count). The third-order valence-electron chi connectivity index (χ3n) is 3.21. The number of nitrogen functional groups attached to an aromatic ring is 1. The zero-order chi connectivity index (χ0) is 14.8. The van der Waals surface area contributed by atoms with Crippen LogP contribution in [0.15, 0.2) is 36.5 Å². The highest BCUT2D eigenvalue weighted by atomic mass is 16.5. The van der Waals surface area contributed by atoms with E-state index in [1.807, 2.05) is 60.0 Å². The second-order valence-corrected chi connectivity index (χ2v) is 4.83. The van der Waals surface area contributed by atoms with Crippen LogP contribution in [0.1, 0.15) is 17.0 Å². The Bertz CT molecular complexity index is 820. The molecule has 3 aromatic rings. The van der Waals surface area contributed by atoms with E-state index >= 15 is 0 Å². The molecule has 2 N–H and O–H groups in total. The van der Waals surface area contributed by atoms with Crippen molar-refractivity contribution in [3.05, 3.63) is 53.5 Å². The van der Waals surface area contributed by atoms with E-state index in [4.69, 9.17) is 10.5 Å². The van der Waals surface area contributed by atoms with Gasteiger partial charge in [0.2, 0.25) is 0 Å². The summed E-state index contributed by atoms with van der Waals surface area (Å²) in [7, 11) is 1.65. The fourth-order valence-corrected chi connectivity index (χ4v) is 2.21. The van der Waals surface area contributed by atoms with Crippen molar-refractivity contribution < 1.29 is 4.74 Å². The van der Waals surface area contributed by atoms with Crippen LogP contribution in [0.25, 0.3) is 17.8 Å². The highest BCUT2D eigenvalue weighted by molar-refractivity contribution is 5.71. The number of fused-ring (bicyclic) bond motifs is 1. The van der Waals surface area contributed by atoms with Gasteiger partial charge in [0, 0.05) is 6.20 Å². The zero-order valence-electron chi connectivity index (χ0n) is 11.9. The quantitative estimate of drug-likeness (QED) is 0.801. The fraction of sp³-hybridized carbons (Fsp3) is 0.125. The molecule has 2 heterocycles. The molecule has 0 aliphatic heterocycles. The lowest BCUT2D eigenvalue weighted by atomic mass is 10.2. The van der Waals surface area contributed by atoms with Crippen molar-refractivity contribution in [1.82, 2.24) is 14.6 Å². The molecule has 0 atom stereocenters. The van der Waals surface area contributed by atoms with Crippen LogP contribution in [0.3, 0.4) is 0 Å². The summed E-state index contributed by atoms with van der Waals surface area (Å²) < 4.78 is 7.10. The molecule has 1 aromatic carbocycles. The molecule has 0 amide bonds. The number of nitrogens with two attached hydrogens (primary N) is 1. The molecule has 5 nitrogen and oxygen atoms in total. The van der Waals surface area contributed by atoms with Gasteiger partial charge in [-0.1, -0.05) is 18.2 Å². The predicted molar refractivity (Wildman–Crippen MR) is 84.1 cm³/mol. The van der Waals surface area contributed by atoms with E-state index in [9.17, 15) is 0 Å². The van der Waals surface area contributed by atoms with Gasteiger partial charge in [-0.2, -0.15) is 0 Å². The lowest BCUT2D eigenvalue weighted by molar-refractivity contribution is 0.414. The number of hydrogen-bond acceptors (Lipinski definition) is 4. The van der Waals surface area contributed by atoms with Gasteiger partial charge in [-0.15, -0.1) is 10.2 Å². The molecule has 21 heavy (non-hydrogen) atoms. The van der Waals surface area contributed by atoms with Crippen molar-refractivity contribution in [1.29, 1.82) is 0 Å². The third kappa shape index (κ3) is 2.58. The lowest BCUT2D eigenvalue weighted by Crippen LogP contribution is -1.95. The summed E-state index contributed by atoms with van der Waals surface area (Å²) in [6, 6.07) is 9.71. The van der Waals surface area contributed by atoms with Crippen LogP contribution >= 0.6 is 0 Å². The molecule has 0 saturated heterocycles. The molecular weight excluding hydrogens is 264 g/mol. The van der Waals surface area contributed by atoms with Crippen molar-refractivity contribution in [3.63, 3.8) is 0 Å². The summed E-state index contributed by atoms with van der Waals surface area (Å²) in [4.78, 5) is 0. The summed E-state index contributed by atoms with van der Waals surface area (Å²) in [6.45, 7) is 1.99. The highest BCUT2D eigenvalue weighted by Gasteiger charge is 2.06. The van der Waals surface area contributed by atoms with Gasteiger partial charge in [0.05, 0.1) is 12.8 Å². The van der Waals surface area contributed by atoms with Crippen LogP contribution in [0.2, 0.25) is 0 Å². The summed E-state index contributed by atoms with van der Waals surface area (Å²) in [5.41, 5.74) is 9.35. The minimum absolute atomic E-state index is 0.628. The standard InChI is InChI=1S/C16H16N4O/c1-11-8-14(17)16-19-18-15(20(16)10-11)7-6-12-4-3-5-13(9-12)21-2/h3-10H,17H2,1-2H3/b7-6-. The summed E-state index contributed by atoms with van der Waals surface area (Å²) in [6.07, 6.45) is 5.85. The van der Waals surface area contributed by atoms with E-state index < -0.39 is 0 Å². The van der Waals surface area contributed by atoms with Gasteiger partial charge in [0.1, 0.15) is 5.75 Å². The molecule has 0 aliphatic rings. The molecule has 0 bridgehead atoms. The number of methoxy groups -OCH3 is 1. The van der Waals surface area contributed by atoms with Gasteiger partial charge >= 0.3 is 0 Å². The fourth-order valence-electron chi connectivity index (χ4n) is 2.21. The van der Waals surface area contributed by atoms with Gasteiger partial charge in [0.25, 0.3) is 0 Å². The van der Waals surface area contributed by atoms with Gasteiger partial charge < -0.3 is 10.5 Å². The average molecular weight is 280 g/mol. The first-order valence-electron chi connectivity index (χ1n) is 6.60.